The summed E-state index contributed by atoms with van der Waals surface area (Å²) in [7, 11) is 0. The molecule has 2 aromatic rings. The van der Waals surface area contributed by atoms with E-state index >= 15 is 0 Å². The van der Waals surface area contributed by atoms with Crippen LogP contribution < -0.4 is 4.90 Å². The standard InChI is InChI=1S/C20H18ClF3N2O2/c1-12-16(21)4-3-5-17(12)26-11-10-25(13(2)18(26)27)19(28)14-6-8-15(9-7-14)20(22,23)24/h3-9,13H,10-11H2,1-2H3/t13-/m0/s1. The van der Waals surface area contributed by atoms with Crippen molar-refractivity contribution in [1.29, 1.82) is 0 Å². The molecule has 4 nitrogen and oxygen atoms in total. The van der Waals surface area contributed by atoms with Crippen molar-refractivity contribution in [3.05, 3.63) is 64.2 Å². The number of halogens is 4. The van der Waals surface area contributed by atoms with Crippen molar-refractivity contribution < 1.29 is 22.8 Å². The van der Waals surface area contributed by atoms with Gasteiger partial charge in [0.1, 0.15) is 6.04 Å². The number of benzene rings is 2. The third-order valence-electron chi connectivity index (χ3n) is 4.91. The number of amides is 2. The number of carbonyl (C=O) groups excluding carboxylic acids is 2. The zero-order valence-electron chi connectivity index (χ0n) is 15.3. The summed E-state index contributed by atoms with van der Waals surface area (Å²) in [6.45, 7) is 3.96. The summed E-state index contributed by atoms with van der Waals surface area (Å²) in [4.78, 5) is 28.6. The minimum absolute atomic E-state index is 0.111. The van der Waals surface area contributed by atoms with Crippen LogP contribution >= 0.6 is 11.6 Å². The van der Waals surface area contributed by atoms with Crippen LogP contribution in [0.5, 0.6) is 0 Å². The van der Waals surface area contributed by atoms with Crippen LogP contribution in [0.4, 0.5) is 18.9 Å². The van der Waals surface area contributed by atoms with Gasteiger partial charge >= 0.3 is 6.18 Å². The Balaban J connectivity index is 1.80. The number of alkyl halides is 3. The number of nitrogens with zero attached hydrogens (tertiary/aromatic N) is 2. The van der Waals surface area contributed by atoms with Gasteiger partial charge in [0.05, 0.1) is 5.56 Å². The minimum Gasteiger partial charge on any atom is -0.325 e. The van der Waals surface area contributed by atoms with Gasteiger partial charge in [0.15, 0.2) is 0 Å². The van der Waals surface area contributed by atoms with E-state index in [4.69, 9.17) is 11.6 Å². The molecule has 0 unspecified atom stereocenters. The van der Waals surface area contributed by atoms with Crippen molar-refractivity contribution in [3.63, 3.8) is 0 Å². The van der Waals surface area contributed by atoms with Crippen molar-refractivity contribution in [1.82, 2.24) is 4.90 Å². The predicted octanol–water partition coefficient (Wildman–Crippen LogP) is 4.54. The van der Waals surface area contributed by atoms with Gasteiger partial charge in [0.2, 0.25) is 5.91 Å². The first-order valence-corrected chi connectivity index (χ1v) is 9.04. The zero-order chi connectivity index (χ0) is 20.6. The molecule has 1 aliphatic heterocycles. The van der Waals surface area contributed by atoms with E-state index in [1.54, 1.807) is 30.0 Å². The zero-order valence-corrected chi connectivity index (χ0v) is 16.0. The van der Waals surface area contributed by atoms with Gasteiger partial charge in [-0.15, -0.1) is 0 Å². The molecule has 0 spiro atoms. The van der Waals surface area contributed by atoms with E-state index in [0.29, 0.717) is 10.7 Å². The monoisotopic (exact) mass is 410 g/mol. The Bertz CT molecular complexity index is 913. The highest BCUT2D eigenvalue weighted by atomic mass is 35.5. The second kappa shape index (κ2) is 7.47. The molecule has 0 aromatic heterocycles. The molecule has 1 aliphatic rings. The van der Waals surface area contributed by atoms with Gasteiger partial charge in [-0.1, -0.05) is 17.7 Å². The largest absolute Gasteiger partial charge is 0.416 e. The summed E-state index contributed by atoms with van der Waals surface area (Å²) in [6, 6.07) is 8.53. The van der Waals surface area contributed by atoms with E-state index in [9.17, 15) is 22.8 Å². The van der Waals surface area contributed by atoms with Gasteiger partial charge in [-0.2, -0.15) is 13.2 Å². The maximum Gasteiger partial charge on any atom is 0.416 e. The third kappa shape index (κ3) is 3.71. The molecule has 0 N–H and O–H groups in total. The SMILES string of the molecule is Cc1c(Cl)cccc1N1CCN(C(=O)c2ccc(C(F)(F)F)cc2)[C@@H](C)C1=O. The van der Waals surface area contributed by atoms with Gasteiger partial charge in [0, 0.05) is 29.4 Å². The Labute approximate surface area is 165 Å². The number of hydrogen-bond donors (Lipinski definition) is 0. The van der Waals surface area contributed by atoms with E-state index in [1.807, 2.05) is 6.92 Å². The van der Waals surface area contributed by atoms with Crippen molar-refractivity contribution >= 4 is 29.1 Å². The molecule has 1 saturated heterocycles. The Morgan fingerprint density at radius 1 is 1.11 bits per heavy atom. The Hall–Kier alpha value is -2.54. The lowest BCUT2D eigenvalue weighted by atomic mass is 10.1. The number of piperazine rings is 1. The van der Waals surface area contributed by atoms with E-state index in [0.717, 1.165) is 29.8 Å². The number of rotatable bonds is 2. The second-order valence-corrected chi connectivity index (χ2v) is 7.03. The van der Waals surface area contributed by atoms with Crippen LogP contribution in [-0.2, 0) is 11.0 Å². The molecule has 2 amide bonds. The minimum atomic E-state index is -4.47. The Morgan fingerprint density at radius 2 is 1.75 bits per heavy atom. The lowest BCUT2D eigenvalue weighted by Gasteiger charge is -2.39. The van der Waals surface area contributed by atoms with Crippen molar-refractivity contribution in [2.75, 3.05) is 18.0 Å². The van der Waals surface area contributed by atoms with E-state index in [2.05, 4.69) is 0 Å². The normalized spacial score (nSPS) is 17.8. The lowest BCUT2D eigenvalue weighted by molar-refractivity contribution is -0.137. The van der Waals surface area contributed by atoms with Crippen LogP contribution in [0.25, 0.3) is 0 Å². The first kappa shape index (κ1) is 20.2. The average molecular weight is 411 g/mol. The molecule has 148 valence electrons. The van der Waals surface area contributed by atoms with Gasteiger partial charge in [-0.25, -0.2) is 0 Å². The summed E-state index contributed by atoms with van der Waals surface area (Å²) >= 11 is 6.14. The number of anilines is 1. The smallest absolute Gasteiger partial charge is 0.325 e. The average Bonchev–Trinajstić information content (AvgIpc) is 2.65. The van der Waals surface area contributed by atoms with Gasteiger partial charge in [-0.05, 0) is 55.8 Å². The van der Waals surface area contributed by atoms with Crippen LogP contribution in [0.1, 0.15) is 28.4 Å². The fraction of sp³-hybridized carbons (Fsp3) is 0.300. The van der Waals surface area contributed by atoms with Crippen molar-refractivity contribution in [2.45, 2.75) is 26.1 Å². The Kier molecular flexibility index (Phi) is 5.39. The highest BCUT2D eigenvalue weighted by Gasteiger charge is 2.36. The highest BCUT2D eigenvalue weighted by molar-refractivity contribution is 6.31. The van der Waals surface area contributed by atoms with Crippen LogP contribution in [-0.4, -0.2) is 35.8 Å². The second-order valence-electron chi connectivity index (χ2n) is 6.62. The highest BCUT2D eigenvalue weighted by Crippen LogP contribution is 2.31. The molecule has 0 saturated carbocycles. The molecule has 2 aromatic carbocycles. The maximum absolute atomic E-state index is 12.9. The van der Waals surface area contributed by atoms with Crippen molar-refractivity contribution in [3.8, 4) is 0 Å². The van der Waals surface area contributed by atoms with Crippen LogP contribution in [0.15, 0.2) is 42.5 Å². The first-order valence-electron chi connectivity index (χ1n) is 8.66. The molecule has 1 atom stereocenters. The quantitative estimate of drug-likeness (QED) is 0.729. The fourth-order valence-corrected chi connectivity index (χ4v) is 3.41. The first-order chi connectivity index (χ1) is 13.1. The van der Waals surface area contributed by atoms with E-state index < -0.39 is 23.7 Å². The molecule has 1 fully saturated rings. The summed E-state index contributed by atoms with van der Waals surface area (Å²) in [5.74, 6) is -0.742. The summed E-state index contributed by atoms with van der Waals surface area (Å²) in [5.41, 5.74) is 0.743. The maximum atomic E-state index is 12.9. The molecule has 1 heterocycles. The van der Waals surface area contributed by atoms with Gasteiger partial charge < -0.3 is 9.80 Å². The van der Waals surface area contributed by atoms with Crippen molar-refractivity contribution in [2.24, 2.45) is 0 Å². The molecular weight excluding hydrogens is 393 g/mol. The lowest BCUT2D eigenvalue weighted by Crippen LogP contribution is -2.58. The molecular formula is C20H18ClF3N2O2. The molecule has 28 heavy (non-hydrogen) atoms. The van der Waals surface area contributed by atoms with Gasteiger partial charge in [0.25, 0.3) is 5.91 Å². The van der Waals surface area contributed by atoms with Crippen LogP contribution in [0, 0.1) is 6.92 Å². The number of carbonyl (C=O) groups is 2. The predicted molar refractivity (Wildman–Crippen MR) is 100 cm³/mol. The molecule has 0 radical (unpaired) electrons. The topological polar surface area (TPSA) is 40.6 Å². The molecule has 0 bridgehead atoms. The molecule has 8 heteroatoms. The van der Waals surface area contributed by atoms with Gasteiger partial charge in [-0.3, -0.25) is 9.59 Å². The van der Waals surface area contributed by atoms with Crippen LogP contribution in [0.3, 0.4) is 0 Å². The van der Waals surface area contributed by atoms with E-state index in [-0.39, 0.29) is 24.6 Å². The third-order valence-corrected chi connectivity index (χ3v) is 5.31. The molecule has 0 aliphatic carbocycles. The summed E-state index contributed by atoms with van der Waals surface area (Å²) in [6.07, 6.45) is -4.47. The molecule has 3 rings (SSSR count). The van der Waals surface area contributed by atoms with Crippen LogP contribution in [0.2, 0.25) is 5.02 Å². The Morgan fingerprint density at radius 3 is 2.36 bits per heavy atom. The van der Waals surface area contributed by atoms with E-state index in [1.165, 1.54) is 4.90 Å². The number of hydrogen-bond acceptors (Lipinski definition) is 2. The summed E-state index contributed by atoms with van der Waals surface area (Å²) < 4.78 is 38.1. The summed E-state index contributed by atoms with van der Waals surface area (Å²) in [5, 5.41) is 0.543. The fourth-order valence-electron chi connectivity index (χ4n) is 3.24.